The minimum atomic E-state index is -0.490. The highest BCUT2D eigenvalue weighted by atomic mass is 16.6. The van der Waals surface area contributed by atoms with E-state index in [1.165, 1.54) is 12.1 Å². The van der Waals surface area contributed by atoms with Crippen molar-refractivity contribution >= 4 is 22.5 Å². The Morgan fingerprint density at radius 1 is 1.48 bits per heavy atom. The summed E-state index contributed by atoms with van der Waals surface area (Å²) in [6, 6.07) is 4.30. The number of nitrogens with zero attached hydrogens (tertiary/aromatic N) is 3. The van der Waals surface area contributed by atoms with Gasteiger partial charge in [0.05, 0.1) is 10.4 Å². The highest BCUT2D eigenvalue weighted by Gasteiger charge is 2.29. The average Bonchev–Trinajstić information content (AvgIpc) is 2.98. The molecule has 8 nitrogen and oxygen atoms in total. The number of likely N-dealkylation sites (tertiary alicyclic amines) is 1. The van der Waals surface area contributed by atoms with Gasteiger partial charge in [0.1, 0.15) is 0 Å². The Bertz CT molecular complexity index is 740. The molecule has 122 valence electrons. The predicted molar refractivity (Wildman–Crippen MR) is 83.1 cm³/mol. The fourth-order valence-electron chi connectivity index (χ4n) is 3.13. The van der Waals surface area contributed by atoms with E-state index in [4.69, 9.17) is 0 Å². The van der Waals surface area contributed by atoms with Gasteiger partial charge < -0.3 is 10.0 Å². The summed E-state index contributed by atoms with van der Waals surface area (Å²) in [5.41, 5.74) is 0.724. The zero-order chi connectivity index (χ0) is 16.4. The molecular weight excluding hydrogens is 300 g/mol. The number of H-pyrrole nitrogens is 1. The second-order valence-electron chi connectivity index (χ2n) is 5.72. The molecule has 1 unspecified atom stereocenters. The van der Waals surface area contributed by atoms with Crippen molar-refractivity contribution < 1.29 is 14.8 Å². The number of non-ortho nitro benzene ring substituents is 1. The molecule has 1 aliphatic rings. The number of fused-ring (bicyclic) bond motifs is 1. The number of rotatable bonds is 4. The Morgan fingerprint density at radius 2 is 2.30 bits per heavy atom. The van der Waals surface area contributed by atoms with Crippen LogP contribution in [0.2, 0.25) is 0 Å². The number of nitro benzene ring substituents is 1. The summed E-state index contributed by atoms with van der Waals surface area (Å²) in [5.74, 6) is -0.241. The minimum absolute atomic E-state index is 0.00769. The fraction of sp³-hybridized carbons (Fsp3) is 0.467. The Morgan fingerprint density at radius 3 is 3.04 bits per heavy atom. The molecule has 1 aromatic carbocycles. The van der Waals surface area contributed by atoms with Crippen LogP contribution in [0, 0.1) is 10.1 Å². The minimum Gasteiger partial charge on any atom is -0.396 e. The molecule has 8 heteroatoms. The molecule has 2 N–H and O–H groups in total. The van der Waals surface area contributed by atoms with Crippen LogP contribution < -0.4 is 0 Å². The first-order valence-electron chi connectivity index (χ1n) is 7.66. The Kier molecular flexibility index (Phi) is 4.24. The van der Waals surface area contributed by atoms with E-state index >= 15 is 0 Å². The van der Waals surface area contributed by atoms with E-state index < -0.39 is 4.92 Å². The van der Waals surface area contributed by atoms with Crippen molar-refractivity contribution in [1.29, 1.82) is 0 Å². The van der Waals surface area contributed by atoms with Gasteiger partial charge in [-0.2, -0.15) is 5.10 Å². The molecule has 0 saturated carbocycles. The van der Waals surface area contributed by atoms with Crippen molar-refractivity contribution in [2.45, 2.75) is 31.7 Å². The van der Waals surface area contributed by atoms with Crippen LogP contribution in [-0.4, -0.2) is 50.2 Å². The largest absolute Gasteiger partial charge is 0.396 e. The van der Waals surface area contributed by atoms with Gasteiger partial charge >= 0.3 is 0 Å². The first-order chi connectivity index (χ1) is 11.1. The summed E-state index contributed by atoms with van der Waals surface area (Å²) >= 11 is 0. The lowest BCUT2D eigenvalue weighted by molar-refractivity contribution is -0.384. The number of piperidine rings is 1. The Hall–Kier alpha value is -2.48. The summed E-state index contributed by atoms with van der Waals surface area (Å²) in [4.78, 5) is 25.0. The first-order valence-corrected chi connectivity index (χ1v) is 7.66. The van der Waals surface area contributed by atoms with Crippen LogP contribution in [0.4, 0.5) is 5.69 Å². The molecule has 1 amide bonds. The van der Waals surface area contributed by atoms with Gasteiger partial charge in [-0.15, -0.1) is 0 Å². The van der Waals surface area contributed by atoms with Crippen molar-refractivity contribution in [2.75, 3.05) is 13.2 Å². The van der Waals surface area contributed by atoms with Crippen molar-refractivity contribution in [2.24, 2.45) is 0 Å². The number of nitrogens with one attached hydrogen (secondary N) is 1. The molecule has 3 rings (SSSR count). The number of aliphatic hydroxyl groups excluding tert-OH is 1. The number of aliphatic hydroxyl groups is 1. The fourth-order valence-corrected chi connectivity index (χ4v) is 3.13. The molecule has 0 radical (unpaired) electrons. The summed E-state index contributed by atoms with van der Waals surface area (Å²) in [6.07, 6.45) is 3.33. The molecule has 0 bridgehead atoms. The zero-order valence-electron chi connectivity index (χ0n) is 12.6. The van der Waals surface area contributed by atoms with E-state index in [0.29, 0.717) is 23.9 Å². The molecule has 1 aromatic heterocycles. The molecule has 23 heavy (non-hydrogen) atoms. The number of hydrogen-bond donors (Lipinski definition) is 2. The summed E-state index contributed by atoms with van der Waals surface area (Å²) in [5, 5.41) is 27.4. The third kappa shape index (κ3) is 2.89. The van der Waals surface area contributed by atoms with Crippen LogP contribution in [0.5, 0.6) is 0 Å². The highest BCUT2D eigenvalue weighted by molar-refractivity contribution is 6.05. The number of carbonyl (C=O) groups excluding carboxylic acids is 1. The van der Waals surface area contributed by atoms with E-state index in [0.717, 1.165) is 19.3 Å². The van der Waals surface area contributed by atoms with E-state index in [-0.39, 0.29) is 29.9 Å². The van der Waals surface area contributed by atoms with Gasteiger partial charge in [-0.25, -0.2) is 0 Å². The second-order valence-corrected chi connectivity index (χ2v) is 5.72. The predicted octanol–water partition coefficient (Wildman–Crippen LogP) is 1.85. The summed E-state index contributed by atoms with van der Waals surface area (Å²) < 4.78 is 0. The lowest BCUT2D eigenvalue weighted by atomic mass is 9.99. The maximum Gasteiger partial charge on any atom is 0.275 e. The van der Waals surface area contributed by atoms with Crippen LogP contribution in [0.15, 0.2) is 18.2 Å². The second kappa shape index (κ2) is 6.33. The molecular formula is C15H18N4O4. The number of carbonyl (C=O) groups is 1. The normalized spacial score (nSPS) is 18.3. The number of benzene rings is 1. The van der Waals surface area contributed by atoms with Crippen molar-refractivity contribution in [1.82, 2.24) is 15.1 Å². The van der Waals surface area contributed by atoms with Gasteiger partial charge in [0.25, 0.3) is 11.6 Å². The SMILES string of the molecule is O=C(c1n[nH]c2ccc([N+](=O)[O-])cc12)N1CCCCC1CCO. The number of aromatic nitrogens is 2. The highest BCUT2D eigenvalue weighted by Crippen LogP contribution is 2.26. The van der Waals surface area contributed by atoms with Gasteiger partial charge in [0.15, 0.2) is 5.69 Å². The smallest absolute Gasteiger partial charge is 0.275 e. The van der Waals surface area contributed by atoms with Gasteiger partial charge in [-0.1, -0.05) is 0 Å². The van der Waals surface area contributed by atoms with Crippen molar-refractivity contribution in [3.05, 3.63) is 34.0 Å². The third-order valence-electron chi connectivity index (χ3n) is 4.31. The van der Waals surface area contributed by atoms with Gasteiger partial charge in [-0.3, -0.25) is 20.0 Å². The average molecular weight is 318 g/mol. The molecule has 0 spiro atoms. The molecule has 1 saturated heterocycles. The number of aromatic amines is 1. The number of amides is 1. The van der Waals surface area contributed by atoms with Crippen LogP contribution in [0.1, 0.15) is 36.2 Å². The van der Waals surface area contributed by atoms with Gasteiger partial charge in [0, 0.05) is 36.7 Å². The molecule has 2 heterocycles. The standard InChI is InChI=1S/C15H18N4O4/c20-8-6-10-3-1-2-7-18(10)15(21)14-12-9-11(19(22)23)4-5-13(12)16-17-14/h4-5,9-10,20H,1-3,6-8H2,(H,16,17). The maximum absolute atomic E-state index is 12.8. The molecule has 1 fully saturated rings. The van der Waals surface area contributed by atoms with E-state index in [1.807, 2.05) is 0 Å². The van der Waals surface area contributed by atoms with Crippen LogP contribution in [0.3, 0.4) is 0 Å². The van der Waals surface area contributed by atoms with E-state index in [2.05, 4.69) is 10.2 Å². The lowest BCUT2D eigenvalue weighted by Gasteiger charge is -2.35. The lowest BCUT2D eigenvalue weighted by Crippen LogP contribution is -2.44. The topological polar surface area (TPSA) is 112 Å². The molecule has 0 aliphatic carbocycles. The van der Waals surface area contributed by atoms with E-state index in [1.54, 1.807) is 11.0 Å². The van der Waals surface area contributed by atoms with Gasteiger partial charge in [0.2, 0.25) is 0 Å². The van der Waals surface area contributed by atoms with Crippen molar-refractivity contribution in [3.8, 4) is 0 Å². The Balaban J connectivity index is 1.96. The van der Waals surface area contributed by atoms with Crippen LogP contribution in [0.25, 0.3) is 10.9 Å². The van der Waals surface area contributed by atoms with Crippen LogP contribution >= 0.6 is 0 Å². The van der Waals surface area contributed by atoms with Crippen LogP contribution in [-0.2, 0) is 0 Å². The molecule has 1 atom stereocenters. The quantitative estimate of drug-likeness (QED) is 0.660. The summed E-state index contributed by atoms with van der Waals surface area (Å²) in [6.45, 7) is 0.647. The number of nitro groups is 1. The molecule has 1 aliphatic heterocycles. The monoisotopic (exact) mass is 318 g/mol. The van der Waals surface area contributed by atoms with E-state index in [9.17, 15) is 20.0 Å². The number of hydrogen-bond acceptors (Lipinski definition) is 5. The Labute approximate surface area is 132 Å². The zero-order valence-corrected chi connectivity index (χ0v) is 12.6. The van der Waals surface area contributed by atoms with Gasteiger partial charge in [-0.05, 0) is 31.7 Å². The van der Waals surface area contributed by atoms with Crippen molar-refractivity contribution in [3.63, 3.8) is 0 Å². The summed E-state index contributed by atoms with van der Waals surface area (Å²) in [7, 11) is 0. The molecule has 2 aromatic rings. The third-order valence-corrected chi connectivity index (χ3v) is 4.31. The maximum atomic E-state index is 12.8. The first kappa shape index (κ1) is 15.4.